The third kappa shape index (κ3) is 4.94. The molecule has 154 valence electrons. The molecule has 0 aliphatic carbocycles. The molecular formula is C23H22ClFN4O. The van der Waals surface area contributed by atoms with Crippen LogP contribution in [-0.4, -0.2) is 29.0 Å². The van der Waals surface area contributed by atoms with Gasteiger partial charge in [-0.05, 0) is 48.7 Å². The Morgan fingerprint density at radius 3 is 2.83 bits per heavy atom. The molecule has 1 saturated heterocycles. The first-order valence-electron chi connectivity index (χ1n) is 9.94. The van der Waals surface area contributed by atoms with Crippen molar-refractivity contribution in [1.82, 2.24) is 15.3 Å². The van der Waals surface area contributed by atoms with Gasteiger partial charge < -0.3 is 10.2 Å². The van der Waals surface area contributed by atoms with Gasteiger partial charge in [0.05, 0.1) is 5.92 Å². The third-order valence-corrected chi connectivity index (χ3v) is 5.47. The quantitative estimate of drug-likeness (QED) is 0.656. The minimum atomic E-state index is -0.322. The van der Waals surface area contributed by atoms with Crippen molar-refractivity contribution in [3.8, 4) is 11.4 Å². The summed E-state index contributed by atoms with van der Waals surface area (Å²) in [6.07, 6.45) is 3.41. The molecule has 0 bridgehead atoms. The highest BCUT2D eigenvalue weighted by Crippen LogP contribution is 2.24. The second-order valence-corrected chi connectivity index (χ2v) is 7.81. The van der Waals surface area contributed by atoms with E-state index in [9.17, 15) is 9.18 Å². The van der Waals surface area contributed by atoms with Crippen LogP contribution in [0.15, 0.2) is 60.8 Å². The van der Waals surface area contributed by atoms with E-state index < -0.39 is 0 Å². The highest BCUT2D eigenvalue weighted by Gasteiger charge is 2.26. The number of benzene rings is 2. The minimum Gasteiger partial charge on any atom is -0.356 e. The Labute approximate surface area is 179 Å². The van der Waals surface area contributed by atoms with Gasteiger partial charge >= 0.3 is 0 Å². The second-order valence-electron chi connectivity index (χ2n) is 7.38. The minimum absolute atomic E-state index is 0.0362. The zero-order valence-electron chi connectivity index (χ0n) is 16.4. The molecular weight excluding hydrogens is 403 g/mol. The molecule has 0 unspecified atom stereocenters. The summed E-state index contributed by atoms with van der Waals surface area (Å²) >= 11 is 5.91. The van der Waals surface area contributed by atoms with Gasteiger partial charge in [-0.2, -0.15) is 0 Å². The Morgan fingerprint density at radius 2 is 2.03 bits per heavy atom. The van der Waals surface area contributed by atoms with Gasteiger partial charge in [0.15, 0.2) is 5.82 Å². The standard InChI is InChI=1S/C23H22ClFN4O/c24-19-8-6-16(7-9-19)14-27-23(30)18-4-2-12-29(15-18)21-10-11-26-22(28-21)17-3-1-5-20(25)13-17/h1,3,5-11,13,18H,2,4,12,14-15H2,(H,27,30)/t18-/m1/s1. The fourth-order valence-electron chi connectivity index (χ4n) is 3.63. The molecule has 1 fully saturated rings. The number of anilines is 1. The number of nitrogens with zero attached hydrogens (tertiary/aromatic N) is 3. The van der Waals surface area contributed by atoms with Crippen molar-refractivity contribution in [3.63, 3.8) is 0 Å². The van der Waals surface area contributed by atoms with E-state index in [1.165, 1.54) is 12.1 Å². The van der Waals surface area contributed by atoms with Crippen LogP contribution in [0.5, 0.6) is 0 Å². The number of nitrogens with one attached hydrogen (secondary N) is 1. The first-order chi connectivity index (χ1) is 14.6. The highest BCUT2D eigenvalue weighted by molar-refractivity contribution is 6.30. The molecule has 1 aliphatic rings. The van der Waals surface area contributed by atoms with Gasteiger partial charge in [0, 0.05) is 36.4 Å². The summed E-state index contributed by atoms with van der Waals surface area (Å²) in [4.78, 5) is 23.7. The Bertz CT molecular complexity index is 1030. The smallest absolute Gasteiger partial charge is 0.225 e. The third-order valence-electron chi connectivity index (χ3n) is 5.22. The fourth-order valence-corrected chi connectivity index (χ4v) is 3.75. The monoisotopic (exact) mass is 424 g/mol. The average molecular weight is 425 g/mol. The number of carbonyl (C=O) groups excluding carboxylic acids is 1. The molecule has 0 spiro atoms. The summed E-state index contributed by atoms with van der Waals surface area (Å²) in [7, 11) is 0. The predicted molar refractivity (Wildman–Crippen MR) is 116 cm³/mol. The van der Waals surface area contributed by atoms with Crippen molar-refractivity contribution in [2.75, 3.05) is 18.0 Å². The summed E-state index contributed by atoms with van der Waals surface area (Å²) in [5.41, 5.74) is 1.64. The Balaban J connectivity index is 1.41. The second kappa shape index (κ2) is 9.22. The average Bonchev–Trinajstić information content (AvgIpc) is 2.79. The Kier molecular flexibility index (Phi) is 6.23. The first-order valence-corrected chi connectivity index (χ1v) is 10.3. The molecule has 30 heavy (non-hydrogen) atoms. The lowest BCUT2D eigenvalue weighted by Crippen LogP contribution is -2.43. The number of piperidine rings is 1. The number of carbonyl (C=O) groups is 1. The molecule has 0 saturated carbocycles. The number of hydrogen-bond donors (Lipinski definition) is 1. The van der Waals surface area contributed by atoms with E-state index >= 15 is 0 Å². The topological polar surface area (TPSA) is 58.1 Å². The molecule has 1 N–H and O–H groups in total. The van der Waals surface area contributed by atoms with E-state index in [1.807, 2.05) is 30.3 Å². The van der Waals surface area contributed by atoms with Crippen LogP contribution >= 0.6 is 11.6 Å². The molecule has 0 radical (unpaired) electrons. The van der Waals surface area contributed by atoms with E-state index in [0.717, 1.165) is 30.8 Å². The SMILES string of the molecule is O=C(NCc1ccc(Cl)cc1)[C@@H]1CCCN(c2ccnc(-c3cccc(F)c3)n2)C1. The lowest BCUT2D eigenvalue weighted by molar-refractivity contribution is -0.125. The number of halogens is 2. The van der Waals surface area contributed by atoms with E-state index in [4.69, 9.17) is 11.6 Å². The number of amides is 1. The van der Waals surface area contributed by atoms with Crippen LogP contribution in [0.25, 0.3) is 11.4 Å². The number of hydrogen-bond acceptors (Lipinski definition) is 4. The zero-order chi connectivity index (χ0) is 20.9. The maximum Gasteiger partial charge on any atom is 0.225 e. The molecule has 5 nitrogen and oxygen atoms in total. The van der Waals surface area contributed by atoms with E-state index in [1.54, 1.807) is 18.3 Å². The van der Waals surface area contributed by atoms with Crippen molar-refractivity contribution in [2.24, 2.45) is 5.92 Å². The zero-order valence-corrected chi connectivity index (χ0v) is 17.1. The van der Waals surface area contributed by atoms with Gasteiger partial charge in [-0.3, -0.25) is 4.79 Å². The van der Waals surface area contributed by atoms with E-state index in [-0.39, 0.29) is 17.6 Å². The number of rotatable bonds is 5. The van der Waals surface area contributed by atoms with Crippen molar-refractivity contribution in [1.29, 1.82) is 0 Å². The summed E-state index contributed by atoms with van der Waals surface area (Å²) in [5, 5.41) is 3.70. The highest BCUT2D eigenvalue weighted by atomic mass is 35.5. The summed E-state index contributed by atoms with van der Waals surface area (Å²) in [6.45, 7) is 1.89. The van der Waals surface area contributed by atoms with Gasteiger partial charge in [-0.1, -0.05) is 35.9 Å². The van der Waals surface area contributed by atoms with Crippen molar-refractivity contribution in [2.45, 2.75) is 19.4 Å². The normalized spacial score (nSPS) is 16.3. The maximum atomic E-state index is 13.5. The number of aromatic nitrogens is 2. The van der Waals surface area contributed by atoms with Gasteiger partial charge in [0.2, 0.25) is 5.91 Å². The van der Waals surface area contributed by atoms with Crippen LogP contribution in [0.1, 0.15) is 18.4 Å². The van der Waals surface area contributed by atoms with Crippen molar-refractivity contribution in [3.05, 3.63) is 77.2 Å². The van der Waals surface area contributed by atoms with Gasteiger partial charge in [0.25, 0.3) is 0 Å². The molecule has 2 aromatic carbocycles. The van der Waals surface area contributed by atoms with Gasteiger partial charge in [-0.25, -0.2) is 14.4 Å². The van der Waals surface area contributed by atoms with Crippen molar-refractivity contribution >= 4 is 23.3 Å². The lowest BCUT2D eigenvalue weighted by atomic mass is 9.97. The van der Waals surface area contributed by atoms with Crippen LogP contribution in [0.4, 0.5) is 10.2 Å². The first kappa shape index (κ1) is 20.3. The summed E-state index contributed by atoms with van der Waals surface area (Å²) in [5.74, 6) is 0.824. The molecule has 1 aromatic heterocycles. The molecule has 1 aliphatic heterocycles. The molecule has 2 heterocycles. The molecule has 3 aromatic rings. The molecule has 1 amide bonds. The van der Waals surface area contributed by atoms with E-state index in [0.29, 0.717) is 29.5 Å². The summed E-state index contributed by atoms with van der Waals surface area (Å²) in [6, 6.07) is 15.5. The van der Waals surface area contributed by atoms with Gasteiger partial charge in [-0.15, -0.1) is 0 Å². The van der Waals surface area contributed by atoms with E-state index in [2.05, 4.69) is 20.2 Å². The van der Waals surface area contributed by atoms with Crippen LogP contribution in [-0.2, 0) is 11.3 Å². The van der Waals surface area contributed by atoms with Gasteiger partial charge in [0.1, 0.15) is 11.6 Å². The van der Waals surface area contributed by atoms with Crippen LogP contribution in [0, 0.1) is 11.7 Å². The Hall–Kier alpha value is -2.99. The Morgan fingerprint density at radius 1 is 1.20 bits per heavy atom. The van der Waals surface area contributed by atoms with Crippen LogP contribution in [0.2, 0.25) is 5.02 Å². The largest absolute Gasteiger partial charge is 0.356 e. The molecule has 7 heteroatoms. The molecule has 1 atom stereocenters. The predicted octanol–water partition coefficient (Wildman–Crippen LogP) is 4.47. The molecule has 4 rings (SSSR count). The fraction of sp³-hybridized carbons (Fsp3) is 0.261. The van der Waals surface area contributed by atoms with Crippen molar-refractivity contribution < 1.29 is 9.18 Å². The lowest BCUT2D eigenvalue weighted by Gasteiger charge is -2.33. The van der Waals surface area contributed by atoms with Crippen LogP contribution < -0.4 is 10.2 Å². The maximum absolute atomic E-state index is 13.5. The summed E-state index contributed by atoms with van der Waals surface area (Å²) < 4.78 is 13.5. The van der Waals surface area contributed by atoms with Crippen LogP contribution in [0.3, 0.4) is 0 Å².